The smallest absolute Gasteiger partial charge is 0.115 e. The van der Waals surface area contributed by atoms with Crippen molar-refractivity contribution in [2.75, 3.05) is 0 Å². The van der Waals surface area contributed by atoms with Crippen LogP contribution in [-0.4, -0.2) is 13.1 Å². The van der Waals surface area contributed by atoms with Crippen LogP contribution in [0.25, 0.3) is 0 Å². The lowest BCUT2D eigenvalue weighted by molar-refractivity contribution is 1.25. The highest BCUT2D eigenvalue weighted by Gasteiger charge is 1.93. The molecule has 0 aromatic heterocycles. The van der Waals surface area contributed by atoms with E-state index in [2.05, 4.69) is 23.3 Å². The largest absolute Gasteiger partial charge is 0.253 e. The van der Waals surface area contributed by atoms with E-state index in [-0.39, 0.29) is 0 Å². The second-order valence-electron chi connectivity index (χ2n) is 2.55. The van der Waals surface area contributed by atoms with Gasteiger partial charge in [-0.25, -0.2) is 4.99 Å². The van der Waals surface area contributed by atoms with E-state index < -0.39 is 0 Å². The fraction of sp³-hybridized carbons (Fsp3) is 0.200. The number of halogens is 1. The maximum Gasteiger partial charge on any atom is 0.115 e. The Morgan fingerprint density at radius 3 is 2.38 bits per heavy atom. The van der Waals surface area contributed by atoms with Gasteiger partial charge in [-0.05, 0) is 26.6 Å². The maximum absolute atomic E-state index is 5.77. The zero-order valence-corrected chi connectivity index (χ0v) is 8.67. The first-order valence-electron chi connectivity index (χ1n) is 3.77. The molecule has 2 nitrogen and oxygen atoms in total. The van der Waals surface area contributed by atoms with Gasteiger partial charge in [0.05, 0.1) is 5.70 Å². The maximum atomic E-state index is 5.77. The van der Waals surface area contributed by atoms with Gasteiger partial charge in [-0.15, -0.1) is 0 Å². The SMILES string of the molecule is C=C/C(Cl)=C\C(N=CN=C)=C(C)C. The van der Waals surface area contributed by atoms with Gasteiger partial charge in [-0.1, -0.05) is 29.8 Å². The first-order chi connectivity index (χ1) is 6.11. The van der Waals surface area contributed by atoms with E-state index in [4.69, 9.17) is 11.6 Å². The Bertz CT molecular complexity index is 281. The molecule has 0 aromatic carbocycles. The van der Waals surface area contributed by atoms with Crippen molar-refractivity contribution in [2.45, 2.75) is 13.8 Å². The molecule has 0 aliphatic rings. The number of aliphatic imine (C=N–C) groups is 2. The van der Waals surface area contributed by atoms with Crippen molar-refractivity contribution in [1.82, 2.24) is 0 Å². The lowest BCUT2D eigenvalue weighted by Gasteiger charge is -1.96. The standard InChI is InChI=1S/C10H13ClN2/c1-5-9(11)6-10(8(2)3)13-7-12-4/h5-7H,1,4H2,2-3H3/b9-6+,13-7?. The van der Waals surface area contributed by atoms with Crippen molar-refractivity contribution in [3.05, 3.63) is 35.0 Å². The van der Waals surface area contributed by atoms with Crippen LogP contribution >= 0.6 is 11.6 Å². The van der Waals surface area contributed by atoms with Crippen molar-refractivity contribution < 1.29 is 0 Å². The van der Waals surface area contributed by atoms with Crippen molar-refractivity contribution in [1.29, 1.82) is 0 Å². The lowest BCUT2D eigenvalue weighted by atomic mass is 10.2. The fourth-order valence-electron chi connectivity index (χ4n) is 0.603. The van der Waals surface area contributed by atoms with E-state index in [1.165, 1.54) is 6.34 Å². The van der Waals surface area contributed by atoms with Gasteiger partial charge in [-0.3, -0.25) is 4.99 Å². The molecule has 3 heteroatoms. The summed E-state index contributed by atoms with van der Waals surface area (Å²) in [4.78, 5) is 7.56. The molecular formula is C10H13ClN2. The summed E-state index contributed by atoms with van der Waals surface area (Å²) in [6.45, 7) is 10.7. The predicted molar refractivity (Wildman–Crippen MR) is 60.5 cm³/mol. The van der Waals surface area contributed by atoms with E-state index in [0.717, 1.165) is 11.3 Å². The summed E-state index contributed by atoms with van der Waals surface area (Å²) in [7, 11) is 0. The highest BCUT2D eigenvalue weighted by Crippen LogP contribution is 2.12. The van der Waals surface area contributed by atoms with Crippen LogP contribution in [0.1, 0.15) is 13.8 Å². The average molecular weight is 197 g/mol. The molecule has 0 aliphatic carbocycles. The number of hydrogen-bond donors (Lipinski definition) is 0. The van der Waals surface area contributed by atoms with Gasteiger partial charge in [0.15, 0.2) is 0 Å². The molecular weight excluding hydrogens is 184 g/mol. The first kappa shape index (κ1) is 11.8. The summed E-state index contributed by atoms with van der Waals surface area (Å²) >= 11 is 5.77. The molecule has 70 valence electrons. The molecule has 0 amide bonds. The molecule has 0 heterocycles. The quantitative estimate of drug-likeness (QED) is 0.375. The first-order valence-corrected chi connectivity index (χ1v) is 4.15. The van der Waals surface area contributed by atoms with Crippen molar-refractivity contribution in [3.63, 3.8) is 0 Å². The Kier molecular flexibility index (Phi) is 5.81. The number of rotatable bonds is 4. The minimum atomic E-state index is 0.553. The van der Waals surface area contributed by atoms with Gasteiger partial charge in [0.25, 0.3) is 0 Å². The molecule has 0 rings (SSSR count). The van der Waals surface area contributed by atoms with E-state index in [9.17, 15) is 0 Å². The minimum absolute atomic E-state index is 0.553. The number of nitrogens with zero attached hydrogens (tertiary/aromatic N) is 2. The predicted octanol–water partition coefficient (Wildman–Crippen LogP) is 3.32. The molecule has 0 radical (unpaired) electrons. The van der Waals surface area contributed by atoms with Gasteiger partial charge in [-0.2, -0.15) is 0 Å². The molecule has 0 fully saturated rings. The summed E-state index contributed by atoms with van der Waals surface area (Å²) in [5.74, 6) is 0. The van der Waals surface area contributed by atoms with Crippen LogP contribution in [0.15, 0.2) is 45.0 Å². The summed E-state index contributed by atoms with van der Waals surface area (Å²) in [5.41, 5.74) is 1.83. The molecule has 0 atom stereocenters. The van der Waals surface area contributed by atoms with Crippen LogP contribution < -0.4 is 0 Å². The summed E-state index contributed by atoms with van der Waals surface area (Å²) in [6.07, 6.45) is 4.67. The second kappa shape index (κ2) is 6.38. The third-order valence-electron chi connectivity index (χ3n) is 1.26. The van der Waals surface area contributed by atoms with E-state index >= 15 is 0 Å². The third-order valence-corrected chi connectivity index (χ3v) is 1.52. The third kappa shape index (κ3) is 5.15. The summed E-state index contributed by atoms with van der Waals surface area (Å²) in [6, 6.07) is 0. The molecule has 0 aromatic rings. The molecule has 0 saturated heterocycles. The highest BCUT2D eigenvalue weighted by molar-refractivity contribution is 6.31. The van der Waals surface area contributed by atoms with Crippen molar-refractivity contribution in [3.8, 4) is 0 Å². The number of hydrogen-bond acceptors (Lipinski definition) is 1. The molecule has 13 heavy (non-hydrogen) atoms. The van der Waals surface area contributed by atoms with Gasteiger partial charge in [0, 0.05) is 5.03 Å². The fourth-order valence-corrected chi connectivity index (χ4v) is 0.707. The van der Waals surface area contributed by atoms with Gasteiger partial charge in [0.2, 0.25) is 0 Å². The molecule has 0 aliphatic heterocycles. The minimum Gasteiger partial charge on any atom is -0.253 e. The highest BCUT2D eigenvalue weighted by atomic mass is 35.5. The zero-order valence-electron chi connectivity index (χ0n) is 7.92. The average Bonchev–Trinajstić information content (AvgIpc) is 2.11. The van der Waals surface area contributed by atoms with E-state index in [0.29, 0.717) is 5.03 Å². The van der Waals surface area contributed by atoms with Crippen LogP contribution in [0, 0.1) is 0 Å². The van der Waals surface area contributed by atoms with Crippen LogP contribution in [-0.2, 0) is 0 Å². The van der Waals surface area contributed by atoms with Gasteiger partial charge < -0.3 is 0 Å². The zero-order chi connectivity index (χ0) is 10.3. The van der Waals surface area contributed by atoms with Crippen LogP contribution in [0.2, 0.25) is 0 Å². The van der Waals surface area contributed by atoms with Crippen LogP contribution in [0.3, 0.4) is 0 Å². The van der Waals surface area contributed by atoms with Crippen LogP contribution in [0.4, 0.5) is 0 Å². The Morgan fingerprint density at radius 1 is 1.38 bits per heavy atom. The molecule has 0 unspecified atom stereocenters. The normalized spacial score (nSPS) is 11.5. The Morgan fingerprint density at radius 2 is 2.00 bits per heavy atom. The molecule has 0 bridgehead atoms. The summed E-state index contributed by atoms with van der Waals surface area (Å²) < 4.78 is 0. The Labute approximate surface area is 84.0 Å². The van der Waals surface area contributed by atoms with Crippen molar-refractivity contribution in [2.24, 2.45) is 9.98 Å². The Balaban J connectivity index is 4.86. The lowest BCUT2D eigenvalue weighted by Crippen LogP contribution is -1.79. The topological polar surface area (TPSA) is 24.7 Å². The van der Waals surface area contributed by atoms with E-state index in [1.807, 2.05) is 13.8 Å². The molecule has 0 spiro atoms. The van der Waals surface area contributed by atoms with Crippen LogP contribution in [0.5, 0.6) is 0 Å². The van der Waals surface area contributed by atoms with Crippen molar-refractivity contribution >= 4 is 24.7 Å². The van der Waals surface area contributed by atoms with E-state index in [1.54, 1.807) is 12.2 Å². The second-order valence-corrected chi connectivity index (χ2v) is 2.98. The molecule has 0 saturated carbocycles. The monoisotopic (exact) mass is 196 g/mol. The number of allylic oxidation sites excluding steroid dienone is 4. The van der Waals surface area contributed by atoms with Gasteiger partial charge >= 0.3 is 0 Å². The Hall–Kier alpha value is -1.15. The molecule has 0 N–H and O–H groups in total. The summed E-state index contributed by atoms with van der Waals surface area (Å²) in [5, 5.41) is 0.553. The van der Waals surface area contributed by atoms with Gasteiger partial charge in [0.1, 0.15) is 6.34 Å².